The molecule has 3 atom stereocenters. The average molecular weight is 255 g/mol. The summed E-state index contributed by atoms with van der Waals surface area (Å²) < 4.78 is 0. The van der Waals surface area contributed by atoms with Crippen LogP contribution in [-0.4, -0.2) is 37.8 Å². The van der Waals surface area contributed by atoms with Gasteiger partial charge in [-0.15, -0.1) is 0 Å². The van der Waals surface area contributed by atoms with E-state index in [2.05, 4.69) is 36.7 Å². The topological polar surface area (TPSA) is 36.1 Å². The molecule has 0 spiro atoms. The molecule has 0 aromatic rings. The molecule has 3 heteroatoms. The maximum atomic E-state index is 3.73. The van der Waals surface area contributed by atoms with Crippen molar-refractivity contribution in [2.75, 3.05) is 19.6 Å². The van der Waals surface area contributed by atoms with Crippen LogP contribution in [0, 0.1) is 0 Å². The molecule has 18 heavy (non-hydrogen) atoms. The number of hydrogen-bond acceptors (Lipinski definition) is 3. The first-order chi connectivity index (χ1) is 8.81. The van der Waals surface area contributed by atoms with E-state index in [1.807, 2.05) is 0 Å². The zero-order valence-corrected chi connectivity index (χ0v) is 12.6. The number of hydrogen-bond donors (Lipinski definition) is 3. The second-order valence-corrected chi connectivity index (χ2v) is 5.59. The van der Waals surface area contributed by atoms with Crippen LogP contribution in [0.4, 0.5) is 0 Å². The highest BCUT2D eigenvalue weighted by Crippen LogP contribution is 2.19. The van der Waals surface area contributed by atoms with Gasteiger partial charge in [0.1, 0.15) is 0 Å². The largest absolute Gasteiger partial charge is 0.314 e. The van der Waals surface area contributed by atoms with Gasteiger partial charge in [0.15, 0.2) is 0 Å². The van der Waals surface area contributed by atoms with Crippen molar-refractivity contribution >= 4 is 0 Å². The van der Waals surface area contributed by atoms with Gasteiger partial charge in [-0.3, -0.25) is 0 Å². The summed E-state index contributed by atoms with van der Waals surface area (Å²) in [7, 11) is 0. The Labute approximate surface area is 113 Å². The zero-order valence-electron chi connectivity index (χ0n) is 12.6. The molecule has 108 valence electrons. The Morgan fingerprint density at radius 2 is 1.28 bits per heavy atom. The third kappa shape index (κ3) is 5.68. The third-order valence-corrected chi connectivity index (χ3v) is 3.85. The fraction of sp³-hybridized carbons (Fsp3) is 1.00. The highest BCUT2D eigenvalue weighted by Gasteiger charge is 2.29. The first-order valence-electron chi connectivity index (χ1n) is 8.01. The summed E-state index contributed by atoms with van der Waals surface area (Å²) in [5.41, 5.74) is 0. The van der Waals surface area contributed by atoms with Crippen molar-refractivity contribution in [1.29, 1.82) is 0 Å². The first-order valence-corrected chi connectivity index (χ1v) is 8.01. The predicted octanol–water partition coefficient (Wildman–Crippen LogP) is 2.27. The smallest absolute Gasteiger partial charge is 0.0235 e. The van der Waals surface area contributed by atoms with Crippen molar-refractivity contribution in [3.8, 4) is 0 Å². The van der Waals surface area contributed by atoms with Crippen molar-refractivity contribution < 1.29 is 0 Å². The van der Waals surface area contributed by atoms with Gasteiger partial charge in [0, 0.05) is 18.1 Å². The Hall–Kier alpha value is -0.120. The lowest BCUT2D eigenvalue weighted by Gasteiger charge is -2.38. The highest BCUT2D eigenvalue weighted by atomic mass is 15.0. The van der Waals surface area contributed by atoms with Gasteiger partial charge < -0.3 is 16.0 Å². The van der Waals surface area contributed by atoms with Crippen molar-refractivity contribution in [3.63, 3.8) is 0 Å². The van der Waals surface area contributed by atoms with Gasteiger partial charge in [0.05, 0.1) is 0 Å². The Balaban J connectivity index is 2.38. The second-order valence-electron chi connectivity index (χ2n) is 5.59. The maximum Gasteiger partial charge on any atom is 0.0235 e. The van der Waals surface area contributed by atoms with Crippen molar-refractivity contribution in [3.05, 3.63) is 0 Å². The zero-order chi connectivity index (χ0) is 13.2. The van der Waals surface area contributed by atoms with Gasteiger partial charge in [-0.1, -0.05) is 20.8 Å². The minimum absolute atomic E-state index is 0.652. The molecular weight excluding hydrogens is 222 g/mol. The molecule has 0 saturated heterocycles. The van der Waals surface area contributed by atoms with Crippen molar-refractivity contribution in [2.24, 2.45) is 0 Å². The molecule has 0 heterocycles. The summed E-state index contributed by atoms with van der Waals surface area (Å²) in [6, 6.07) is 2.05. The molecule has 1 saturated carbocycles. The minimum atomic E-state index is 0.652. The van der Waals surface area contributed by atoms with Crippen LogP contribution in [0.2, 0.25) is 0 Å². The van der Waals surface area contributed by atoms with Crippen LogP contribution in [0.25, 0.3) is 0 Å². The highest BCUT2D eigenvalue weighted by molar-refractivity contribution is 4.92. The van der Waals surface area contributed by atoms with Crippen molar-refractivity contribution in [1.82, 2.24) is 16.0 Å². The molecule has 0 aromatic heterocycles. The van der Waals surface area contributed by atoms with Crippen LogP contribution < -0.4 is 16.0 Å². The van der Waals surface area contributed by atoms with Crippen molar-refractivity contribution in [2.45, 2.75) is 77.4 Å². The van der Waals surface area contributed by atoms with Crippen LogP contribution in [0.5, 0.6) is 0 Å². The van der Waals surface area contributed by atoms with Crippen LogP contribution in [-0.2, 0) is 0 Å². The molecule has 1 rings (SSSR count). The Bertz CT molecular complexity index is 196. The van der Waals surface area contributed by atoms with Gasteiger partial charge >= 0.3 is 0 Å². The second kappa shape index (κ2) is 9.76. The molecule has 0 aromatic carbocycles. The van der Waals surface area contributed by atoms with E-state index in [9.17, 15) is 0 Å². The summed E-state index contributed by atoms with van der Waals surface area (Å²) in [4.78, 5) is 0. The van der Waals surface area contributed by atoms with Crippen LogP contribution in [0.1, 0.15) is 59.3 Å². The Kier molecular flexibility index (Phi) is 8.64. The SMILES string of the molecule is CCCNC1CCC(NCCC)C(NCCC)C1. The lowest BCUT2D eigenvalue weighted by molar-refractivity contribution is 0.241. The molecule has 3 unspecified atom stereocenters. The number of rotatable bonds is 9. The van der Waals surface area contributed by atoms with E-state index in [4.69, 9.17) is 0 Å². The molecule has 3 nitrogen and oxygen atoms in total. The average Bonchev–Trinajstić information content (AvgIpc) is 2.41. The predicted molar refractivity (Wildman–Crippen MR) is 80.1 cm³/mol. The molecule has 1 aliphatic carbocycles. The standard InChI is InChI=1S/C15H33N3/c1-4-9-16-13-7-8-14(17-10-5-2)15(12-13)18-11-6-3/h13-18H,4-12H2,1-3H3. The minimum Gasteiger partial charge on any atom is -0.314 e. The molecule has 1 aliphatic rings. The fourth-order valence-electron chi connectivity index (χ4n) is 2.83. The van der Waals surface area contributed by atoms with Gasteiger partial charge in [-0.05, 0) is 58.2 Å². The molecular formula is C15H33N3. The monoisotopic (exact) mass is 255 g/mol. The molecule has 0 radical (unpaired) electrons. The summed E-state index contributed by atoms with van der Waals surface area (Å²) in [5, 5.41) is 11.1. The van der Waals surface area contributed by atoms with Crippen LogP contribution >= 0.6 is 0 Å². The lowest BCUT2D eigenvalue weighted by atomic mass is 9.86. The van der Waals surface area contributed by atoms with Gasteiger partial charge in [-0.2, -0.15) is 0 Å². The van der Waals surface area contributed by atoms with Gasteiger partial charge in [0.25, 0.3) is 0 Å². The Morgan fingerprint density at radius 1 is 0.722 bits per heavy atom. The summed E-state index contributed by atoms with van der Waals surface area (Å²) in [6.45, 7) is 10.2. The molecule has 0 amide bonds. The van der Waals surface area contributed by atoms with Gasteiger partial charge in [-0.25, -0.2) is 0 Å². The van der Waals surface area contributed by atoms with Gasteiger partial charge in [0.2, 0.25) is 0 Å². The molecule has 0 bridgehead atoms. The number of nitrogens with one attached hydrogen (secondary N) is 3. The van der Waals surface area contributed by atoms with E-state index in [0.29, 0.717) is 12.1 Å². The van der Waals surface area contributed by atoms with E-state index in [1.54, 1.807) is 0 Å². The van der Waals surface area contributed by atoms with E-state index in [-0.39, 0.29) is 0 Å². The maximum absolute atomic E-state index is 3.73. The third-order valence-electron chi connectivity index (χ3n) is 3.85. The lowest BCUT2D eigenvalue weighted by Crippen LogP contribution is -2.55. The van der Waals surface area contributed by atoms with E-state index in [1.165, 1.54) is 38.5 Å². The van der Waals surface area contributed by atoms with E-state index < -0.39 is 0 Å². The Morgan fingerprint density at radius 3 is 1.89 bits per heavy atom. The summed E-state index contributed by atoms with van der Waals surface area (Å²) in [6.07, 6.45) is 7.61. The molecule has 3 N–H and O–H groups in total. The fourth-order valence-corrected chi connectivity index (χ4v) is 2.83. The molecule has 1 fully saturated rings. The van der Waals surface area contributed by atoms with Crippen LogP contribution in [0.15, 0.2) is 0 Å². The molecule has 0 aliphatic heterocycles. The van der Waals surface area contributed by atoms with Crippen LogP contribution in [0.3, 0.4) is 0 Å². The summed E-state index contributed by atoms with van der Waals surface area (Å²) in [5.74, 6) is 0. The van der Waals surface area contributed by atoms with E-state index >= 15 is 0 Å². The first kappa shape index (κ1) is 15.9. The van der Waals surface area contributed by atoms with E-state index in [0.717, 1.165) is 25.7 Å². The normalized spacial score (nSPS) is 28.5. The quantitative estimate of drug-likeness (QED) is 0.591. The summed E-state index contributed by atoms with van der Waals surface area (Å²) >= 11 is 0.